The van der Waals surface area contributed by atoms with Gasteiger partial charge >= 0.3 is 5.97 Å². The fourth-order valence-corrected chi connectivity index (χ4v) is 3.76. The number of nitrogens with zero attached hydrogens (tertiary/aromatic N) is 2. The molecule has 1 aromatic rings. The second-order valence-corrected chi connectivity index (χ2v) is 6.80. The maximum Gasteiger partial charge on any atom is 0.332 e. The number of amides is 2. The van der Waals surface area contributed by atoms with Crippen LogP contribution in [0.2, 0.25) is 0 Å². The highest BCUT2D eigenvalue weighted by Crippen LogP contribution is 2.35. The number of hydrogen-bond donors (Lipinski definition) is 0. The molecule has 26 heavy (non-hydrogen) atoms. The van der Waals surface area contributed by atoms with Gasteiger partial charge in [-0.3, -0.25) is 19.4 Å². The fraction of sp³-hybridized carbons (Fsp3) is 0.450. The lowest BCUT2D eigenvalue weighted by molar-refractivity contribution is -0.170. The van der Waals surface area contributed by atoms with Crippen molar-refractivity contribution < 1.29 is 19.1 Å². The summed E-state index contributed by atoms with van der Waals surface area (Å²) in [7, 11) is 0. The molecule has 2 amide bonds. The van der Waals surface area contributed by atoms with Crippen LogP contribution in [0.3, 0.4) is 0 Å². The van der Waals surface area contributed by atoms with Crippen molar-refractivity contribution in [2.24, 2.45) is 0 Å². The first-order valence-corrected chi connectivity index (χ1v) is 8.97. The van der Waals surface area contributed by atoms with Crippen LogP contribution in [0.5, 0.6) is 0 Å². The zero-order chi connectivity index (χ0) is 18.6. The molecule has 2 heterocycles. The first-order chi connectivity index (χ1) is 12.6. The molecule has 6 heteroatoms. The molecule has 138 valence electrons. The summed E-state index contributed by atoms with van der Waals surface area (Å²) in [6.07, 6.45) is 2.62. The topological polar surface area (TPSA) is 66.9 Å². The number of benzene rings is 1. The van der Waals surface area contributed by atoms with Gasteiger partial charge in [0.1, 0.15) is 6.61 Å². The van der Waals surface area contributed by atoms with Crippen molar-refractivity contribution in [3.63, 3.8) is 0 Å². The van der Waals surface area contributed by atoms with E-state index in [1.807, 2.05) is 18.2 Å². The van der Waals surface area contributed by atoms with Gasteiger partial charge < -0.3 is 4.74 Å². The molecule has 2 fully saturated rings. The average molecular weight is 356 g/mol. The summed E-state index contributed by atoms with van der Waals surface area (Å²) in [4.78, 5) is 40.8. The molecular formula is C20H24N2O4. The minimum Gasteiger partial charge on any atom is -0.460 e. The predicted octanol–water partition coefficient (Wildman–Crippen LogP) is 1.90. The van der Waals surface area contributed by atoms with Gasteiger partial charge in [-0.15, -0.1) is 0 Å². The van der Waals surface area contributed by atoms with Gasteiger partial charge in [0.25, 0.3) is 0 Å². The molecule has 2 aliphatic heterocycles. The van der Waals surface area contributed by atoms with Crippen LogP contribution < -0.4 is 0 Å². The Morgan fingerprint density at radius 3 is 2.31 bits per heavy atom. The number of rotatable bonds is 6. The number of ether oxygens (including phenoxy) is 1. The Balaban J connectivity index is 1.76. The summed E-state index contributed by atoms with van der Waals surface area (Å²) in [5.74, 6) is -1.05. The Morgan fingerprint density at radius 2 is 1.73 bits per heavy atom. The summed E-state index contributed by atoms with van der Waals surface area (Å²) in [5.41, 5.74) is 0.0171. The third kappa shape index (κ3) is 3.55. The Bertz CT molecular complexity index is 677. The van der Waals surface area contributed by atoms with Crippen LogP contribution in [0.4, 0.5) is 0 Å². The third-order valence-corrected chi connectivity index (χ3v) is 5.12. The molecule has 0 aliphatic carbocycles. The number of carbonyl (C=O) groups excluding carboxylic acids is 3. The van der Waals surface area contributed by atoms with Crippen molar-refractivity contribution in [1.29, 1.82) is 0 Å². The number of carbonyl (C=O) groups is 3. The lowest BCUT2D eigenvalue weighted by Crippen LogP contribution is -2.62. The zero-order valence-electron chi connectivity index (χ0n) is 14.9. The minimum atomic E-state index is -1.18. The van der Waals surface area contributed by atoms with Gasteiger partial charge in [-0.1, -0.05) is 43.0 Å². The third-order valence-electron chi connectivity index (χ3n) is 5.12. The highest BCUT2D eigenvalue weighted by molar-refractivity contribution is 6.06. The lowest BCUT2D eigenvalue weighted by atomic mass is 9.85. The van der Waals surface area contributed by atoms with E-state index in [1.165, 1.54) is 16.5 Å². The van der Waals surface area contributed by atoms with Gasteiger partial charge in [0.05, 0.1) is 0 Å². The Hall–Kier alpha value is -2.47. The minimum absolute atomic E-state index is 0.0739. The monoisotopic (exact) mass is 356 g/mol. The van der Waals surface area contributed by atoms with Gasteiger partial charge in [-0.25, -0.2) is 4.79 Å². The largest absolute Gasteiger partial charge is 0.460 e. The molecule has 0 aromatic heterocycles. The number of esters is 1. The van der Waals surface area contributed by atoms with E-state index >= 15 is 0 Å². The van der Waals surface area contributed by atoms with Gasteiger partial charge in [-0.05, 0) is 18.4 Å². The maximum absolute atomic E-state index is 12.8. The molecule has 0 N–H and O–H groups in total. The number of piperidine rings is 1. The zero-order valence-corrected chi connectivity index (χ0v) is 14.9. The van der Waals surface area contributed by atoms with E-state index in [4.69, 9.17) is 4.74 Å². The molecule has 3 rings (SSSR count). The van der Waals surface area contributed by atoms with Crippen LogP contribution in [-0.2, 0) is 25.7 Å². The van der Waals surface area contributed by atoms with E-state index < -0.39 is 11.5 Å². The second-order valence-electron chi connectivity index (χ2n) is 6.80. The van der Waals surface area contributed by atoms with Crippen LogP contribution in [0.25, 0.3) is 0 Å². The summed E-state index contributed by atoms with van der Waals surface area (Å²) in [5, 5.41) is 0. The van der Waals surface area contributed by atoms with Crippen LogP contribution in [-0.4, -0.2) is 52.8 Å². The molecule has 0 unspecified atom stereocenters. The molecule has 0 bridgehead atoms. The molecular weight excluding hydrogens is 332 g/mol. The van der Waals surface area contributed by atoms with Crippen molar-refractivity contribution in [3.8, 4) is 0 Å². The molecule has 0 atom stereocenters. The van der Waals surface area contributed by atoms with E-state index in [0.717, 1.165) is 6.54 Å². The van der Waals surface area contributed by atoms with Crippen molar-refractivity contribution in [2.75, 3.05) is 19.7 Å². The summed E-state index contributed by atoms with van der Waals surface area (Å²) < 4.78 is 5.28. The van der Waals surface area contributed by atoms with Gasteiger partial charge in [0.15, 0.2) is 5.54 Å². The molecule has 2 aliphatic rings. The normalized spacial score (nSPS) is 20.2. The first-order valence-electron chi connectivity index (χ1n) is 8.97. The summed E-state index contributed by atoms with van der Waals surface area (Å²) >= 11 is 0. The standard InChI is InChI=1S/C20H24N2O4/c1-2-14-26-19(25)20(22-17(23)8-9-18(22)24)10-12-21(13-11-20)15-16-6-4-3-5-7-16/h2-7H,1,8-15H2. The SMILES string of the molecule is C=CCOC(=O)C1(N2C(=O)CCC2=O)CCN(Cc2ccccc2)CC1. The Kier molecular flexibility index (Phi) is 5.52. The van der Waals surface area contributed by atoms with Crippen molar-refractivity contribution in [3.05, 3.63) is 48.6 Å². The molecule has 0 saturated carbocycles. The first kappa shape index (κ1) is 18.3. The van der Waals surface area contributed by atoms with E-state index in [9.17, 15) is 14.4 Å². The number of likely N-dealkylation sites (tertiary alicyclic amines) is 2. The highest BCUT2D eigenvalue weighted by Gasteiger charge is 2.53. The van der Waals surface area contributed by atoms with Gasteiger partial charge in [-0.2, -0.15) is 0 Å². The highest BCUT2D eigenvalue weighted by atomic mass is 16.5. The van der Waals surface area contributed by atoms with Crippen molar-refractivity contribution in [2.45, 2.75) is 37.8 Å². The van der Waals surface area contributed by atoms with Crippen LogP contribution >= 0.6 is 0 Å². The lowest BCUT2D eigenvalue weighted by Gasteiger charge is -2.44. The molecule has 2 saturated heterocycles. The average Bonchev–Trinajstić information content (AvgIpc) is 3.00. The van der Waals surface area contributed by atoms with E-state index in [1.54, 1.807) is 0 Å². The van der Waals surface area contributed by atoms with Crippen molar-refractivity contribution in [1.82, 2.24) is 9.80 Å². The second kappa shape index (κ2) is 7.83. The fourth-order valence-electron chi connectivity index (χ4n) is 3.76. The quantitative estimate of drug-likeness (QED) is 0.442. The number of hydrogen-bond acceptors (Lipinski definition) is 5. The molecule has 6 nitrogen and oxygen atoms in total. The number of imide groups is 1. The smallest absolute Gasteiger partial charge is 0.332 e. The van der Waals surface area contributed by atoms with Crippen LogP contribution in [0.1, 0.15) is 31.2 Å². The molecule has 0 spiro atoms. The molecule has 0 radical (unpaired) electrons. The Morgan fingerprint density at radius 1 is 1.12 bits per heavy atom. The van der Waals surface area contributed by atoms with E-state index in [0.29, 0.717) is 25.9 Å². The van der Waals surface area contributed by atoms with Crippen LogP contribution in [0, 0.1) is 0 Å². The maximum atomic E-state index is 12.8. The molecule has 1 aromatic carbocycles. The van der Waals surface area contributed by atoms with Gasteiger partial charge in [0, 0.05) is 32.5 Å². The van der Waals surface area contributed by atoms with E-state index in [-0.39, 0.29) is 31.3 Å². The Labute approximate surface area is 153 Å². The summed E-state index contributed by atoms with van der Waals surface area (Å²) in [6.45, 7) is 5.65. The van der Waals surface area contributed by atoms with Gasteiger partial charge in [0.2, 0.25) is 11.8 Å². The predicted molar refractivity (Wildman–Crippen MR) is 95.9 cm³/mol. The van der Waals surface area contributed by atoms with E-state index in [2.05, 4.69) is 23.6 Å². The van der Waals surface area contributed by atoms with Crippen molar-refractivity contribution >= 4 is 17.8 Å². The van der Waals surface area contributed by atoms with Crippen LogP contribution in [0.15, 0.2) is 43.0 Å². The summed E-state index contributed by atoms with van der Waals surface area (Å²) in [6, 6.07) is 10.1.